The third-order valence-corrected chi connectivity index (χ3v) is 4.19. The van der Waals surface area contributed by atoms with Crippen molar-refractivity contribution in [3.63, 3.8) is 0 Å². The zero-order chi connectivity index (χ0) is 15.7. The summed E-state index contributed by atoms with van der Waals surface area (Å²) in [5, 5.41) is 13.0. The summed E-state index contributed by atoms with van der Waals surface area (Å²) in [6.07, 6.45) is -1.08. The molecule has 0 bridgehead atoms. The highest BCUT2D eigenvalue weighted by molar-refractivity contribution is 7.15. The van der Waals surface area contributed by atoms with Gasteiger partial charge < -0.3 is 9.42 Å². The number of likely N-dealkylation sites (tertiary alicyclic amines) is 1. The molecule has 1 saturated heterocycles. The Morgan fingerprint density at radius 3 is 3.00 bits per heavy atom. The van der Waals surface area contributed by atoms with Crippen molar-refractivity contribution in [3.8, 4) is 0 Å². The van der Waals surface area contributed by atoms with E-state index in [-0.39, 0.29) is 11.2 Å². The number of aromatic nitrogens is 3. The Morgan fingerprint density at radius 2 is 2.36 bits per heavy atom. The van der Waals surface area contributed by atoms with Crippen LogP contribution in [0.1, 0.15) is 41.8 Å². The zero-order valence-electron chi connectivity index (χ0n) is 11.6. The van der Waals surface area contributed by atoms with Gasteiger partial charge in [0.15, 0.2) is 5.01 Å². The lowest BCUT2D eigenvalue weighted by atomic mass is 10.1. The van der Waals surface area contributed by atoms with Crippen molar-refractivity contribution < 1.29 is 18.1 Å². The second-order valence-corrected chi connectivity index (χ2v) is 5.90. The molecule has 3 rings (SSSR count). The van der Waals surface area contributed by atoms with E-state index in [0.717, 1.165) is 12.8 Å². The monoisotopic (exact) mass is 329 g/mol. The number of hydrogen-bond acceptors (Lipinski definition) is 6. The second kappa shape index (κ2) is 5.95. The van der Waals surface area contributed by atoms with Crippen molar-refractivity contribution in [2.45, 2.75) is 32.2 Å². The first-order chi connectivity index (χ1) is 10.5. The molecule has 0 aromatic carbocycles. The third-order valence-electron chi connectivity index (χ3n) is 3.34. The van der Waals surface area contributed by atoms with E-state index in [4.69, 9.17) is 4.52 Å². The molecule has 1 atom stereocenters. The smallest absolute Gasteiger partial charge is 0.324 e. The van der Waals surface area contributed by atoms with Crippen molar-refractivity contribution in [1.29, 1.82) is 0 Å². The Morgan fingerprint density at radius 1 is 1.55 bits per heavy atom. The van der Waals surface area contributed by atoms with Gasteiger partial charge in [-0.1, -0.05) is 16.5 Å². The highest BCUT2D eigenvalue weighted by atomic mass is 32.1. The van der Waals surface area contributed by atoms with Gasteiger partial charge in [0, 0.05) is 12.6 Å². The molecule has 0 saturated carbocycles. The number of hydrogen-bond donors (Lipinski definition) is 1. The van der Waals surface area contributed by atoms with Crippen LogP contribution >= 0.6 is 11.3 Å². The minimum absolute atomic E-state index is 0.0577. The molecule has 0 spiro atoms. The minimum Gasteiger partial charge on any atom is -0.361 e. The first kappa shape index (κ1) is 14.8. The van der Waals surface area contributed by atoms with Crippen LogP contribution in [-0.4, -0.2) is 32.8 Å². The molecule has 0 aliphatic carbocycles. The quantitative estimate of drug-likeness (QED) is 0.935. The highest BCUT2D eigenvalue weighted by Crippen LogP contribution is 2.32. The van der Waals surface area contributed by atoms with Crippen LogP contribution in [0.3, 0.4) is 0 Å². The van der Waals surface area contributed by atoms with E-state index in [1.165, 1.54) is 0 Å². The Labute approximate surface area is 128 Å². The molecular weight excluding hydrogens is 316 g/mol. The summed E-state index contributed by atoms with van der Waals surface area (Å²) < 4.78 is 30.0. The number of aryl methyl sites for hydroxylation is 1. The van der Waals surface area contributed by atoms with Gasteiger partial charge in [-0.3, -0.25) is 5.32 Å². The van der Waals surface area contributed by atoms with Gasteiger partial charge in [0.05, 0.1) is 6.04 Å². The van der Waals surface area contributed by atoms with Gasteiger partial charge >= 0.3 is 6.03 Å². The van der Waals surface area contributed by atoms with Crippen LogP contribution < -0.4 is 5.32 Å². The maximum Gasteiger partial charge on any atom is 0.324 e. The summed E-state index contributed by atoms with van der Waals surface area (Å²) >= 11 is 0.664. The number of carbonyl (C=O) groups is 1. The fourth-order valence-electron chi connectivity index (χ4n) is 2.40. The first-order valence-corrected chi connectivity index (χ1v) is 7.48. The molecule has 2 aromatic rings. The average molecular weight is 329 g/mol. The van der Waals surface area contributed by atoms with Gasteiger partial charge in [-0.25, -0.2) is 13.6 Å². The highest BCUT2D eigenvalue weighted by Gasteiger charge is 2.32. The molecule has 2 aromatic heterocycles. The molecule has 1 unspecified atom stereocenters. The number of urea groups is 1. The zero-order valence-corrected chi connectivity index (χ0v) is 12.4. The van der Waals surface area contributed by atoms with E-state index in [1.807, 2.05) is 0 Å². The van der Waals surface area contributed by atoms with Crippen LogP contribution in [0, 0.1) is 6.92 Å². The van der Waals surface area contributed by atoms with Crippen molar-refractivity contribution in [3.05, 3.63) is 22.5 Å². The Kier molecular flexibility index (Phi) is 4.01. The standard InChI is InChI=1S/C12H13F2N5O2S/c1-6-5-7(18-21-6)8-3-2-4-19(8)12(20)15-11-17-16-10(22-11)9(13)14/h5,8-9H,2-4H2,1H3,(H,15,17,20). The Hall–Kier alpha value is -2.10. The van der Waals surface area contributed by atoms with E-state index >= 15 is 0 Å². The molecule has 0 radical (unpaired) electrons. The normalized spacial score (nSPS) is 18.2. The lowest BCUT2D eigenvalue weighted by molar-refractivity contribution is 0.150. The number of halogens is 2. The summed E-state index contributed by atoms with van der Waals surface area (Å²) in [7, 11) is 0. The number of carbonyl (C=O) groups excluding carboxylic acids is 1. The van der Waals surface area contributed by atoms with Gasteiger partial charge in [0.25, 0.3) is 6.43 Å². The Balaban J connectivity index is 1.70. The van der Waals surface area contributed by atoms with Crippen LogP contribution in [0.4, 0.5) is 18.7 Å². The first-order valence-electron chi connectivity index (χ1n) is 6.67. The van der Waals surface area contributed by atoms with Crippen molar-refractivity contribution >= 4 is 22.5 Å². The van der Waals surface area contributed by atoms with E-state index in [0.29, 0.717) is 29.3 Å². The van der Waals surface area contributed by atoms with Crippen LogP contribution in [0.2, 0.25) is 0 Å². The lowest BCUT2D eigenvalue weighted by Crippen LogP contribution is -2.34. The van der Waals surface area contributed by atoms with Crippen molar-refractivity contribution in [1.82, 2.24) is 20.3 Å². The predicted octanol–water partition coefficient (Wildman–Crippen LogP) is 3.14. The number of anilines is 1. The SMILES string of the molecule is Cc1cc(C2CCCN2C(=O)Nc2nnc(C(F)F)s2)no1. The topological polar surface area (TPSA) is 84.2 Å². The summed E-state index contributed by atoms with van der Waals surface area (Å²) in [6.45, 7) is 2.34. The average Bonchev–Trinajstić information content (AvgIpc) is 3.16. The van der Waals surface area contributed by atoms with Crippen LogP contribution in [0.5, 0.6) is 0 Å². The van der Waals surface area contributed by atoms with E-state index in [2.05, 4.69) is 20.7 Å². The van der Waals surface area contributed by atoms with Crippen molar-refractivity contribution in [2.75, 3.05) is 11.9 Å². The number of rotatable bonds is 3. The van der Waals surface area contributed by atoms with Crippen LogP contribution in [0.15, 0.2) is 10.6 Å². The summed E-state index contributed by atoms with van der Waals surface area (Å²) in [5.74, 6) is 0.674. The summed E-state index contributed by atoms with van der Waals surface area (Å²) in [5.41, 5.74) is 0.690. The van der Waals surface area contributed by atoms with Crippen LogP contribution in [-0.2, 0) is 0 Å². The van der Waals surface area contributed by atoms with Gasteiger partial charge in [-0.15, -0.1) is 10.2 Å². The number of amides is 2. The van der Waals surface area contributed by atoms with Crippen LogP contribution in [0.25, 0.3) is 0 Å². The molecule has 118 valence electrons. The second-order valence-electron chi connectivity index (χ2n) is 4.89. The number of nitrogens with one attached hydrogen (secondary N) is 1. The molecule has 3 heterocycles. The molecule has 2 amide bonds. The molecule has 7 nitrogen and oxygen atoms in total. The number of alkyl halides is 2. The molecule has 1 aliphatic rings. The molecular formula is C12H13F2N5O2S. The third kappa shape index (κ3) is 2.91. The summed E-state index contributed by atoms with van der Waals surface area (Å²) in [6, 6.07) is 1.20. The maximum atomic E-state index is 12.5. The fourth-order valence-corrected chi connectivity index (χ4v) is 2.99. The minimum atomic E-state index is -2.69. The lowest BCUT2D eigenvalue weighted by Gasteiger charge is -2.22. The van der Waals surface area contributed by atoms with Gasteiger partial charge in [0.1, 0.15) is 11.5 Å². The Bertz CT molecular complexity index is 674. The fraction of sp³-hybridized carbons (Fsp3) is 0.500. The summed E-state index contributed by atoms with van der Waals surface area (Å²) in [4.78, 5) is 13.9. The number of nitrogens with zero attached hydrogens (tertiary/aromatic N) is 4. The van der Waals surface area contributed by atoms with E-state index in [9.17, 15) is 13.6 Å². The largest absolute Gasteiger partial charge is 0.361 e. The molecule has 1 fully saturated rings. The van der Waals surface area contributed by atoms with E-state index in [1.54, 1.807) is 17.9 Å². The van der Waals surface area contributed by atoms with E-state index < -0.39 is 17.5 Å². The molecule has 22 heavy (non-hydrogen) atoms. The molecule has 1 aliphatic heterocycles. The molecule has 1 N–H and O–H groups in total. The van der Waals surface area contributed by atoms with Gasteiger partial charge in [0.2, 0.25) is 5.13 Å². The predicted molar refractivity (Wildman–Crippen MR) is 73.8 cm³/mol. The molecule has 10 heteroatoms. The van der Waals surface area contributed by atoms with Gasteiger partial charge in [-0.05, 0) is 19.8 Å². The van der Waals surface area contributed by atoms with Gasteiger partial charge in [-0.2, -0.15) is 0 Å². The van der Waals surface area contributed by atoms with Crippen molar-refractivity contribution in [2.24, 2.45) is 0 Å². The maximum absolute atomic E-state index is 12.5.